The highest BCUT2D eigenvalue weighted by Crippen LogP contribution is 2.33. The molecule has 110 valence electrons. The number of carbonyl (C=O) groups is 1. The lowest BCUT2D eigenvalue weighted by atomic mass is 9.78. The van der Waals surface area contributed by atoms with Crippen LogP contribution in [0.15, 0.2) is 0 Å². The van der Waals surface area contributed by atoms with E-state index in [1.807, 2.05) is 0 Å². The van der Waals surface area contributed by atoms with Gasteiger partial charge in [0.15, 0.2) is 0 Å². The Morgan fingerprint density at radius 1 is 1.26 bits per heavy atom. The van der Waals surface area contributed by atoms with Crippen molar-refractivity contribution in [2.24, 2.45) is 5.92 Å². The van der Waals surface area contributed by atoms with Crippen LogP contribution in [0.1, 0.15) is 45.4 Å². The third-order valence-corrected chi connectivity index (χ3v) is 5.96. The minimum absolute atomic E-state index is 0.372. The van der Waals surface area contributed by atoms with E-state index in [4.69, 9.17) is 0 Å². The van der Waals surface area contributed by atoms with Crippen LogP contribution in [0.3, 0.4) is 0 Å². The zero-order chi connectivity index (χ0) is 14.1. The van der Waals surface area contributed by atoms with E-state index in [0.717, 1.165) is 25.7 Å². The topological polar surface area (TPSA) is 86.7 Å². The predicted octanol–water partition coefficient (Wildman–Crippen LogP) is 0.950. The molecule has 0 amide bonds. The number of hydrogen-bond acceptors (Lipinski definition) is 3. The van der Waals surface area contributed by atoms with E-state index >= 15 is 0 Å². The van der Waals surface area contributed by atoms with Gasteiger partial charge in [0.2, 0.25) is 0 Å². The fourth-order valence-electron chi connectivity index (χ4n) is 2.85. The third-order valence-electron chi connectivity index (χ3n) is 4.27. The van der Waals surface area contributed by atoms with Crippen molar-refractivity contribution in [2.45, 2.75) is 51.0 Å². The normalized spacial score (nSPS) is 33.4. The van der Waals surface area contributed by atoms with Gasteiger partial charge in [-0.2, -0.15) is 17.4 Å². The molecule has 1 saturated carbocycles. The molecule has 0 unspecified atom stereocenters. The minimum atomic E-state index is -3.68. The summed E-state index contributed by atoms with van der Waals surface area (Å²) >= 11 is 0. The van der Waals surface area contributed by atoms with Gasteiger partial charge < -0.3 is 5.11 Å². The molecule has 0 radical (unpaired) electrons. The molecule has 1 saturated heterocycles. The molecule has 7 heteroatoms. The molecule has 1 heterocycles. The summed E-state index contributed by atoms with van der Waals surface area (Å²) in [6, 6.07) is 0. The molecular weight excluding hydrogens is 268 g/mol. The van der Waals surface area contributed by atoms with Gasteiger partial charge in [0, 0.05) is 13.1 Å². The summed E-state index contributed by atoms with van der Waals surface area (Å²) < 4.78 is 28.3. The van der Waals surface area contributed by atoms with Crippen molar-refractivity contribution >= 4 is 16.2 Å². The highest BCUT2D eigenvalue weighted by atomic mass is 32.2. The second kappa shape index (κ2) is 5.38. The first-order chi connectivity index (χ1) is 8.86. The Bertz CT molecular complexity index is 435. The van der Waals surface area contributed by atoms with Crippen LogP contribution in [0, 0.1) is 5.92 Å². The first-order valence-corrected chi connectivity index (χ1v) is 8.32. The summed E-state index contributed by atoms with van der Waals surface area (Å²) in [4.78, 5) is 11.5. The van der Waals surface area contributed by atoms with Crippen molar-refractivity contribution in [1.29, 1.82) is 0 Å². The molecule has 0 aromatic heterocycles. The van der Waals surface area contributed by atoms with Crippen molar-refractivity contribution in [1.82, 2.24) is 9.03 Å². The maximum atomic E-state index is 12.2. The second-order valence-corrected chi connectivity index (χ2v) is 7.45. The molecule has 0 aromatic rings. The molecule has 2 rings (SSSR count). The molecule has 0 atom stereocenters. The summed E-state index contributed by atoms with van der Waals surface area (Å²) in [5.74, 6) is -0.592. The van der Waals surface area contributed by atoms with Crippen molar-refractivity contribution in [3.05, 3.63) is 0 Å². The van der Waals surface area contributed by atoms with Gasteiger partial charge in [-0.1, -0.05) is 6.92 Å². The van der Waals surface area contributed by atoms with E-state index in [1.54, 1.807) is 0 Å². The largest absolute Gasteiger partial charge is 0.480 e. The third kappa shape index (κ3) is 3.09. The fraction of sp³-hybridized carbons (Fsp3) is 0.917. The Morgan fingerprint density at radius 2 is 1.79 bits per heavy atom. The molecule has 6 nitrogen and oxygen atoms in total. The van der Waals surface area contributed by atoms with Gasteiger partial charge in [-0.15, -0.1) is 0 Å². The lowest BCUT2D eigenvalue weighted by Crippen LogP contribution is -2.59. The number of nitrogens with one attached hydrogen (secondary N) is 1. The summed E-state index contributed by atoms with van der Waals surface area (Å²) in [6.07, 6.45) is 3.92. The lowest BCUT2D eigenvalue weighted by molar-refractivity contribution is -0.145. The molecule has 0 spiro atoms. The van der Waals surface area contributed by atoms with Crippen LogP contribution in [-0.2, 0) is 15.0 Å². The van der Waals surface area contributed by atoms with Crippen LogP contribution in [0.2, 0.25) is 0 Å². The second-order valence-electron chi connectivity index (χ2n) is 5.78. The van der Waals surface area contributed by atoms with Crippen LogP contribution >= 0.6 is 0 Å². The van der Waals surface area contributed by atoms with E-state index in [9.17, 15) is 18.3 Å². The predicted molar refractivity (Wildman–Crippen MR) is 70.9 cm³/mol. The Hall–Kier alpha value is -0.660. The molecule has 2 fully saturated rings. The van der Waals surface area contributed by atoms with Crippen LogP contribution in [0.5, 0.6) is 0 Å². The maximum absolute atomic E-state index is 12.2. The summed E-state index contributed by atoms with van der Waals surface area (Å²) in [5, 5.41) is 9.44. The zero-order valence-corrected chi connectivity index (χ0v) is 12.1. The highest BCUT2D eigenvalue weighted by Gasteiger charge is 2.45. The Labute approximate surface area is 114 Å². The maximum Gasteiger partial charge on any atom is 0.324 e. The summed E-state index contributed by atoms with van der Waals surface area (Å²) in [7, 11) is -3.68. The SMILES string of the molecule is CC1CCC(NS(=O)(=O)N2CCCC2)(C(=O)O)CC1. The monoisotopic (exact) mass is 290 g/mol. The molecule has 2 N–H and O–H groups in total. The zero-order valence-electron chi connectivity index (χ0n) is 11.3. The van der Waals surface area contributed by atoms with Crippen molar-refractivity contribution in [2.75, 3.05) is 13.1 Å². The fourth-order valence-corrected chi connectivity index (χ4v) is 4.51. The van der Waals surface area contributed by atoms with Crippen LogP contribution in [0.25, 0.3) is 0 Å². The van der Waals surface area contributed by atoms with Gasteiger partial charge in [0.05, 0.1) is 0 Å². The molecule has 2 aliphatic rings. The van der Waals surface area contributed by atoms with Gasteiger partial charge in [0.1, 0.15) is 5.54 Å². The molecule has 1 aliphatic carbocycles. The average Bonchev–Trinajstić information content (AvgIpc) is 2.86. The van der Waals surface area contributed by atoms with Crippen LogP contribution in [-0.4, -0.2) is 42.4 Å². The van der Waals surface area contributed by atoms with Gasteiger partial charge in [-0.05, 0) is 44.4 Å². The quantitative estimate of drug-likeness (QED) is 0.807. The lowest BCUT2D eigenvalue weighted by Gasteiger charge is -2.37. The first-order valence-electron chi connectivity index (χ1n) is 6.88. The van der Waals surface area contributed by atoms with E-state index in [1.165, 1.54) is 4.31 Å². The number of aliphatic carboxylic acids is 1. The van der Waals surface area contributed by atoms with E-state index in [0.29, 0.717) is 31.8 Å². The number of nitrogens with zero attached hydrogens (tertiary/aromatic N) is 1. The molecular formula is C12H22N2O4S. The summed E-state index contributed by atoms with van der Waals surface area (Å²) in [5.41, 5.74) is -1.31. The minimum Gasteiger partial charge on any atom is -0.480 e. The van der Waals surface area contributed by atoms with E-state index in [-0.39, 0.29) is 0 Å². The molecule has 0 bridgehead atoms. The molecule has 1 aliphatic heterocycles. The first kappa shape index (κ1) is 14.7. The molecule has 0 aromatic carbocycles. The number of rotatable bonds is 4. The van der Waals surface area contributed by atoms with Crippen LogP contribution in [0.4, 0.5) is 0 Å². The van der Waals surface area contributed by atoms with Crippen molar-refractivity contribution in [3.63, 3.8) is 0 Å². The van der Waals surface area contributed by atoms with Crippen molar-refractivity contribution in [3.8, 4) is 0 Å². The number of carboxylic acids is 1. The molecule has 19 heavy (non-hydrogen) atoms. The Morgan fingerprint density at radius 3 is 2.26 bits per heavy atom. The van der Waals surface area contributed by atoms with Gasteiger partial charge >= 0.3 is 5.97 Å². The summed E-state index contributed by atoms with van der Waals surface area (Å²) in [6.45, 7) is 3.05. The smallest absolute Gasteiger partial charge is 0.324 e. The van der Waals surface area contributed by atoms with Gasteiger partial charge in [-0.25, -0.2) is 0 Å². The van der Waals surface area contributed by atoms with E-state index in [2.05, 4.69) is 11.6 Å². The van der Waals surface area contributed by atoms with Crippen molar-refractivity contribution < 1.29 is 18.3 Å². The van der Waals surface area contributed by atoms with Crippen LogP contribution < -0.4 is 4.72 Å². The average molecular weight is 290 g/mol. The van der Waals surface area contributed by atoms with E-state index < -0.39 is 21.7 Å². The van der Waals surface area contributed by atoms with Gasteiger partial charge in [-0.3, -0.25) is 4.79 Å². The number of hydrogen-bond donors (Lipinski definition) is 2. The Kier molecular flexibility index (Phi) is 4.17. The van der Waals surface area contributed by atoms with Gasteiger partial charge in [0.25, 0.3) is 10.2 Å². The number of carboxylic acid groups (broad SMARTS) is 1. The Balaban J connectivity index is 2.15. The standard InChI is InChI=1S/C12H22N2O4S/c1-10-4-6-12(7-5-10,11(15)16)13-19(17,18)14-8-2-3-9-14/h10,13H,2-9H2,1H3,(H,15,16). The highest BCUT2D eigenvalue weighted by molar-refractivity contribution is 7.87.